The highest BCUT2D eigenvalue weighted by Gasteiger charge is 2.39. The minimum Gasteiger partial charge on any atom is -0.465 e. The summed E-state index contributed by atoms with van der Waals surface area (Å²) in [5, 5.41) is 11.8. The SMILES string of the molecule is CC1CC(NC(=O)OCCc2cc(C(F)(F)F)cc(C(F)(F)F)c2)c2cc(C(F)(F)F)ccc2N1C(=O)O. The molecule has 15 heteroatoms. The maximum Gasteiger partial charge on any atom is 0.416 e. The van der Waals surface area contributed by atoms with Gasteiger partial charge in [-0.05, 0) is 60.9 Å². The summed E-state index contributed by atoms with van der Waals surface area (Å²) >= 11 is 0. The number of carbonyl (C=O) groups is 2. The lowest BCUT2D eigenvalue weighted by Crippen LogP contribution is -2.46. The van der Waals surface area contributed by atoms with Crippen molar-refractivity contribution in [3.63, 3.8) is 0 Å². The Balaban J connectivity index is 1.76. The van der Waals surface area contributed by atoms with Gasteiger partial charge in [0, 0.05) is 12.5 Å². The molecule has 1 aliphatic rings. The van der Waals surface area contributed by atoms with Gasteiger partial charge in [-0.1, -0.05) is 0 Å². The molecule has 0 aliphatic carbocycles. The first kappa shape index (κ1) is 28.9. The van der Waals surface area contributed by atoms with Crippen LogP contribution < -0.4 is 10.2 Å². The van der Waals surface area contributed by atoms with Crippen molar-refractivity contribution in [1.29, 1.82) is 0 Å². The molecule has 2 aromatic carbocycles. The Bertz CT molecular complexity index is 1180. The number of hydrogen-bond acceptors (Lipinski definition) is 3. The highest BCUT2D eigenvalue weighted by atomic mass is 19.4. The summed E-state index contributed by atoms with van der Waals surface area (Å²) in [5.74, 6) is 0. The minimum atomic E-state index is -5.06. The van der Waals surface area contributed by atoms with E-state index in [9.17, 15) is 54.2 Å². The van der Waals surface area contributed by atoms with Crippen LogP contribution in [0, 0.1) is 0 Å². The predicted molar refractivity (Wildman–Crippen MR) is 113 cm³/mol. The highest BCUT2D eigenvalue weighted by molar-refractivity contribution is 5.89. The third kappa shape index (κ3) is 6.61. The maximum atomic E-state index is 13.2. The van der Waals surface area contributed by atoms with Crippen LogP contribution in [0.2, 0.25) is 0 Å². The molecule has 0 fully saturated rings. The molecule has 0 saturated carbocycles. The molecular formula is C23H19F9N2O4. The Labute approximate surface area is 209 Å². The number of nitrogens with zero attached hydrogens (tertiary/aromatic N) is 1. The number of nitrogens with one attached hydrogen (secondary N) is 1. The van der Waals surface area contributed by atoms with Crippen LogP contribution in [0.15, 0.2) is 36.4 Å². The van der Waals surface area contributed by atoms with Crippen LogP contribution in [-0.2, 0) is 29.7 Å². The Morgan fingerprint density at radius 2 is 1.47 bits per heavy atom. The fourth-order valence-electron chi connectivity index (χ4n) is 4.08. The summed E-state index contributed by atoms with van der Waals surface area (Å²) in [4.78, 5) is 24.8. The molecule has 0 spiro atoms. The fraction of sp³-hybridized carbons (Fsp3) is 0.391. The average Bonchev–Trinajstić information content (AvgIpc) is 2.76. The van der Waals surface area contributed by atoms with Crippen LogP contribution in [0.1, 0.15) is 47.2 Å². The van der Waals surface area contributed by atoms with Crippen molar-refractivity contribution in [2.45, 2.75) is 50.4 Å². The van der Waals surface area contributed by atoms with Crippen molar-refractivity contribution < 1.29 is 58.9 Å². The van der Waals surface area contributed by atoms with Crippen LogP contribution >= 0.6 is 0 Å². The van der Waals surface area contributed by atoms with Gasteiger partial charge < -0.3 is 15.2 Å². The fourth-order valence-corrected chi connectivity index (χ4v) is 4.08. The highest BCUT2D eigenvalue weighted by Crippen LogP contribution is 2.41. The summed E-state index contributed by atoms with van der Waals surface area (Å²) < 4.78 is 123. The second kappa shape index (κ2) is 10.3. The third-order valence-electron chi connectivity index (χ3n) is 5.78. The van der Waals surface area contributed by atoms with Gasteiger partial charge in [0.05, 0.1) is 35.0 Å². The van der Waals surface area contributed by atoms with E-state index in [2.05, 4.69) is 5.32 Å². The number of ether oxygens (including phenoxy) is 1. The van der Waals surface area contributed by atoms with Crippen LogP contribution in [0.25, 0.3) is 0 Å². The molecule has 6 nitrogen and oxygen atoms in total. The first-order chi connectivity index (χ1) is 17.4. The van der Waals surface area contributed by atoms with E-state index in [-0.39, 0.29) is 23.7 Å². The normalized spacial score (nSPS) is 18.1. The van der Waals surface area contributed by atoms with Crippen molar-refractivity contribution in [2.24, 2.45) is 0 Å². The molecule has 0 saturated heterocycles. The van der Waals surface area contributed by atoms with Crippen molar-refractivity contribution in [3.8, 4) is 0 Å². The number of alkyl halides is 9. The van der Waals surface area contributed by atoms with Crippen molar-refractivity contribution in [2.75, 3.05) is 11.5 Å². The van der Waals surface area contributed by atoms with E-state index in [4.69, 9.17) is 4.74 Å². The van der Waals surface area contributed by atoms with E-state index in [1.165, 1.54) is 6.92 Å². The molecule has 2 amide bonds. The summed E-state index contributed by atoms with van der Waals surface area (Å²) in [6.07, 6.45) is -18.2. The van der Waals surface area contributed by atoms with E-state index < -0.39 is 78.1 Å². The number of anilines is 1. The van der Waals surface area contributed by atoms with Crippen molar-refractivity contribution >= 4 is 17.9 Å². The molecule has 2 atom stereocenters. The van der Waals surface area contributed by atoms with Gasteiger partial charge in [-0.15, -0.1) is 0 Å². The monoisotopic (exact) mass is 558 g/mol. The van der Waals surface area contributed by atoms with Crippen molar-refractivity contribution in [1.82, 2.24) is 5.32 Å². The van der Waals surface area contributed by atoms with Crippen molar-refractivity contribution in [3.05, 3.63) is 64.2 Å². The molecule has 0 bridgehead atoms. The molecule has 1 heterocycles. The number of fused-ring (bicyclic) bond motifs is 1. The number of carbonyl (C=O) groups excluding carboxylic acids is 1. The Hall–Kier alpha value is -3.65. The maximum absolute atomic E-state index is 13.2. The Kier molecular flexibility index (Phi) is 7.80. The first-order valence-electron chi connectivity index (χ1n) is 10.8. The summed E-state index contributed by atoms with van der Waals surface area (Å²) in [6, 6.07) is 1.34. The Morgan fingerprint density at radius 3 is 1.97 bits per heavy atom. The molecule has 3 rings (SSSR count). The lowest BCUT2D eigenvalue weighted by molar-refractivity contribution is -0.143. The molecule has 38 heavy (non-hydrogen) atoms. The molecular weight excluding hydrogens is 539 g/mol. The standard InChI is InChI=1S/C23H19F9N2O4/c1-11-6-17(16-10-13(21(24,25)26)2-3-18(16)34(11)20(36)37)33-19(35)38-5-4-12-7-14(22(27,28)29)9-15(8-12)23(30,31)32/h2-3,7-11,17H,4-6H2,1H3,(H,33,35)(H,36,37). The van der Waals surface area contributed by atoms with E-state index in [0.717, 1.165) is 11.0 Å². The van der Waals surface area contributed by atoms with Crippen LogP contribution in [0.5, 0.6) is 0 Å². The van der Waals surface area contributed by atoms with Gasteiger partial charge in [-0.25, -0.2) is 9.59 Å². The van der Waals surface area contributed by atoms with Gasteiger partial charge in [0.25, 0.3) is 0 Å². The molecule has 0 radical (unpaired) electrons. The smallest absolute Gasteiger partial charge is 0.416 e. The average molecular weight is 558 g/mol. The Morgan fingerprint density at radius 1 is 0.921 bits per heavy atom. The number of benzene rings is 2. The summed E-state index contributed by atoms with van der Waals surface area (Å²) in [7, 11) is 0. The quantitative estimate of drug-likeness (QED) is 0.395. The number of carboxylic acid groups (broad SMARTS) is 1. The van der Waals surface area contributed by atoms with E-state index >= 15 is 0 Å². The van der Waals surface area contributed by atoms with Gasteiger partial charge >= 0.3 is 30.7 Å². The molecule has 2 aromatic rings. The zero-order valence-corrected chi connectivity index (χ0v) is 19.3. The largest absolute Gasteiger partial charge is 0.465 e. The van der Waals surface area contributed by atoms with Gasteiger partial charge in [-0.3, -0.25) is 4.90 Å². The van der Waals surface area contributed by atoms with E-state index in [0.29, 0.717) is 24.3 Å². The number of halogens is 9. The summed E-state index contributed by atoms with van der Waals surface area (Å²) in [5.41, 5.74) is -4.85. The van der Waals surface area contributed by atoms with Gasteiger partial charge in [-0.2, -0.15) is 39.5 Å². The van der Waals surface area contributed by atoms with Crippen LogP contribution in [-0.4, -0.2) is 29.9 Å². The topological polar surface area (TPSA) is 78.9 Å². The third-order valence-corrected chi connectivity index (χ3v) is 5.78. The lowest BCUT2D eigenvalue weighted by atomic mass is 9.90. The zero-order valence-electron chi connectivity index (χ0n) is 19.3. The molecule has 2 N–H and O–H groups in total. The lowest BCUT2D eigenvalue weighted by Gasteiger charge is -2.38. The predicted octanol–water partition coefficient (Wildman–Crippen LogP) is 7.03. The number of amides is 2. The van der Waals surface area contributed by atoms with Gasteiger partial charge in [0.1, 0.15) is 0 Å². The van der Waals surface area contributed by atoms with Crippen LogP contribution in [0.4, 0.5) is 54.8 Å². The molecule has 208 valence electrons. The summed E-state index contributed by atoms with van der Waals surface area (Å²) in [6.45, 7) is 0.810. The minimum absolute atomic E-state index is 0.0473. The van der Waals surface area contributed by atoms with E-state index in [1.807, 2.05) is 0 Å². The molecule has 1 aliphatic heterocycles. The number of rotatable bonds is 4. The van der Waals surface area contributed by atoms with Gasteiger partial charge in [0.2, 0.25) is 0 Å². The van der Waals surface area contributed by atoms with Crippen LogP contribution in [0.3, 0.4) is 0 Å². The number of alkyl carbamates (subject to hydrolysis) is 1. The zero-order chi connectivity index (χ0) is 28.6. The molecule has 0 aromatic heterocycles. The second-order valence-corrected chi connectivity index (χ2v) is 8.51. The second-order valence-electron chi connectivity index (χ2n) is 8.51. The van der Waals surface area contributed by atoms with Gasteiger partial charge in [0.15, 0.2) is 0 Å². The molecule has 2 unspecified atom stereocenters. The number of hydrogen-bond donors (Lipinski definition) is 2. The van der Waals surface area contributed by atoms with E-state index in [1.54, 1.807) is 0 Å². The first-order valence-corrected chi connectivity index (χ1v) is 10.8.